The Morgan fingerprint density at radius 3 is 2.56 bits per heavy atom. The van der Waals surface area contributed by atoms with Gasteiger partial charge in [0.2, 0.25) is 5.13 Å². The molecule has 0 bridgehead atoms. The fraction of sp³-hybridized carbons (Fsp3) is 0.100. The molecule has 0 aliphatic rings. The third kappa shape index (κ3) is 2.65. The molecule has 0 atom stereocenters. The number of anilines is 1. The first-order chi connectivity index (χ1) is 8.61. The molecule has 0 aliphatic carbocycles. The van der Waals surface area contributed by atoms with E-state index in [9.17, 15) is 13.6 Å². The van der Waals surface area contributed by atoms with E-state index in [1.165, 1.54) is 17.8 Å². The van der Waals surface area contributed by atoms with Gasteiger partial charge in [0, 0.05) is 0 Å². The predicted octanol–water partition coefficient (Wildman–Crippen LogP) is 2.79. The van der Waals surface area contributed by atoms with E-state index in [2.05, 4.69) is 15.5 Å². The summed E-state index contributed by atoms with van der Waals surface area (Å²) in [5, 5.41) is 9.95. The number of hydrogen-bond acceptors (Lipinski definition) is 5. The van der Waals surface area contributed by atoms with Crippen LogP contribution in [0.3, 0.4) is 0 Å². The van der Waals surface area contributed by atoms with E-state index in [1.807, 2.05) is 6.26 Å². The van der Waals surface area contributed by atoms with Gasteiger partial charge in [-0.3, -0.25) is 10.1 Å². The summed E-state index contributed by atoms with van der Waals surface area (Å²) in [6.45, 7) is 0. The molecular formula is C10H7F2N3OS2. The standard InChI is InChI=1S/C10H7F2N3OS2/c1-17-10-15-14-9(18-10)13-8(16)7-5(11)3-2-4-6(7)12/h2-4H,1H3,(H,13,14,16). The molecule has 1 N–H and O–H groups in total. The highest BCUT2D eigenvalue weighted by Gasteiger charge is 2.18. The Labute approximate surface area is 109 Å². The molecule has 1 aromatic heterocycles. The number of carbonyl (C=O) groups is 1. The average molecular weight is 287 g/mol. The molecule has 18 heavy (non-hydrogen) atoms. The van der Waals surface area contributed by atoms with E-state index < -0.39 is 23.1 Å². The van der Waals surface area contributed by atoms with Crippen LogP contribution in [-0.4, -0.2) is 22.4 Å². The first-order valence-corrected chi connectivity index (χ1v) is 6.79. The van der Waals surface area contributed by atoms with Crippen LogP contribution in [0.4, 0.5) is 13.9 Å². The molecule has 4 nitrogen and oxygen atoms in total. The highest BCUT2D eigenvalue weighted by atomic mass is 32.2. The van der Waals surface area contributed by atoms with Crippen molar-refractivity contribution in [2.24, 2.45) is 0 Å². The zero-order chi connectivity index (χ0) is 13.1. The smallest absolute Gasteiger partial charge is 0.263 e. The Kier molecular flexibility index (Phi) is 3.87. The number of carbonyl (C=O) groups excluding carboxylic acids is 1. The lowest BCUT2D eigenvalue weighted by molar-refractivity contribution is 0.101. The van der Waals surface area contributed by atoms with Crippen LogP contribution in [0.25, 0.3) is 0 Å². The second-order valence-electron chi connectivity index (χ2n) is 3.13. The van der Waals surface area contributed by atoms with Gasteiger partial charge in [0.25, 0.3) is 5.91 Å². The first kappa shape index (κ1) is 12.9. The number of rotatable bonds is 3. The summed E-state index contributed by atoms with van der Waals surface area (Å²) in [5.41, 5.74) is -0.626. The van der Waals surface area contributed by atoms with E-state index >= 15 is 0 Å². The van der Waals surface area contributed by atoms with Crippen molar-refractivity contribution in [1.29, 1.82) is 0 Å². The second kappa shape index (κ2) is 5.40. The molecule has 0 radical (unpaired) electrons. The van der Waals surface area contributed by atoms with E-state index in [-0.39, 0.29) is 5.13 Å². The number of nitrogens with zero attached hydrogens (tertiary/aromatic N) is 2. The fourth-order valence-corrected chi connectivity index (χ4v) is 2.38. The molecule has 0 saturated heterocycles. The number of halogens is 2. The molecule has 1 amide bonds. The third-order valence-corrected chi connectivity index (χ3v) is 3.81. The SMILES string of the molecule is CSc1nnc(NC(=O)c2c(F)cccc2F)s1. The van der Waals surface area contributed by atoms with Gasteiger partial charge in [-0.2, -0.15) is 0 Å². The maximum Gasteiger partial charge on any atom is 0.263 e. The number of aromatic nitrogens is 2. The summed E-state index contributed by atoms with van der Waals surface area (Å²) in [7, 11) is 0. The maximum absolute atomic E-state index is 13.3. The lowest BCUT2D eigenvalue weighted by Crippen LogP contribution is -2.15. The molecule has 8 heteroatoms. The molecule has 94 valence electrons. The number of nitrogens with one attached hydrogen (secondary N) is 1. The lowest BCUT2D eigenvalue weighted by atomic mass is 10.2. The molecule has 2 aromatic rings. The Morgan fingerprint density at radius 1 is 1.33 bits per heavy atom. The predicted molar refractivity (Wildman–Crippen MR) is 66.0 cm³/mol. The van der Waals surface area contributed by atoms with Crippen molar-refractivity contribution in [1.82, 2.24) is 10.2 Å². The van der Waals surface area contributed by atoms with Gasteiger partial charge in [-0.25, -0.2) is 8.78 Å². The van der Waals surface area contributed by atoms with Crippen LogP contribution in [-0.2, 0) is 0 Å². The molecule has 0 saturated carbocycles. The minimum Gasteiger partial charge on any atom is -0.296 e. The summed E-state index contributed by atoms with van der Waals surface area (Å²) in [4.78, 5) is 11.7. The van der Waals surface area contributed by atoms with Gasteiger partial charge in [-0.15, -0.1) is 10.2 Å². The Bertz CT molecular complexity index is 568. The van der Waals surface area contributed by atoms with E-state index in [1.54, 1.807) is 0 Å². The van der Waals surface area contributed by atoms with Gasteiger partial charge < -0.3 is 0 Å². The molecule has 0 unspecified atom stereocenters. The van der Waals surface area contributed by atoms with Gasteiger partial charge in [0.1, 0.15) is 17.2 Å². The van der Waals surface area contributed by atoms with Crippen molar-refractivity contribution in [3.8, 4) is 0 Å². The van der Waals surface area contributed by atoms with Crippen LogP contribution in [0, 0.1) is 11.6 Å². The van der Waals surface area contributed by atoms with Crippen LogP contribution in [0.15, 0.2) is 22.5 Å². The Morgan fingerprint density at radius 2 is 2.00 bits per heavy atom. The first-order valence-electron chi connectivity index (χ1n) is 4.74. The zero-order valence-electron chi connectivity index (χ0n) is 9.11. The number of benzene rings is 1. The molecule has 1 heterocycles. The molecule has 0 spiro atoms. The summed E-state index contributed by atoms with van der Waals surface area (Å²) in [6.07, 6.45) is 1.81. The number of thioether (sulfide) groups is 1. The van der Waals surface area contributed by atoms with Crippen molar-refractivity contribution in [3.05, 3.63) is 35.4 Å². The highest BCUT2D eigenvalue weighted by molar-refractivity contribution is 8.00. The topological polar surface area (TPSA) is 54.9 Å². The van der Waals surface area contributed by atoms with Crippen LogP contribution in [0.1, 0.15) is 10.4 Å². The summed E-state index contributed by atoms with van der Waals surface area (Å²) in [5.74, 6) is -2.71. The van der Waals surface area contributed by atoms with Crippen molar-refractivity contribution in [3.63, 3.8) is 0 Å². The molecule has 0 fully saturated rings. The largest absolute Gasteiger partial charge is 0.296 e. The van der Waals surface area contributed by atoms with Gasteiger partial charge in [-0.05, 0) is 18.4 Å². The Hall–Kier alpha value is -1.54. The monoisotopic (exact) mass is 287 g/mol. The zero-order valence-corrected chi connectivity index (χ0v) is 10.7. The summed E-state index contributed by atoms with van der Waals surface area (Å²) >= 11 is 2.50. The maximum atomic E-state index is 13.3. The number of amides is 1. The molecular weight excluding hydrogens is 280 g/mol. The number of hydrogen-bond donors (Lipinski definition) is 1. The fourth-order valence-electron chi connectivity index (χ4n) is 1.22. The molecule has 0 aliphatic heterocycles. The molecule has 2 rings (SSSR count). The van der Waals surface area contributed by atoms with Gasteiger partial charge >= 0.3 is 0 Å². The van der Waals surface area contributed by atoms with Crippen LogP contribution >= 0.6 is 23.1 Å². The second-order valence-corrected chi connectivity index (χ2v) is 5.16. The summed E-state index contributed by atoms with van der Waals surface area (Å²) in [6, 6.07) is 3.23. The normalized spacial score (nSPS) is 10.4. The van der Waals surface area contributed by atoms with Crippen molar-refractivity contribution in [2.75, 3.05) is 11.6 Å². The van der Waals surface area contributed by atoms with Gasteiger partial charge in [0.05, 0.1) is 0 Å². The summed E-state index contributed by atoms with van der Waals surface area (Å²) < 4.78 is 27.3. The van der Waals surface area contributed by atoms with E-state index in [0.717, 1.165) is 23.5 Å². The highest BCUT2D eigenvalue weighted by Crippen LogP contribution is 2.24. The average Bonchev–Trinajstić information content (AvgIpc) is 2.76. The quantitative estimate of drug-likeness (QED) is 0.696. The minimum atomic E-state index is -0.915. The van der Waals surface area contributed by atoms with Crippen LogP contribution in [0.2, 0.25) is 0 Å². The van der Waals surface area contributed by atoms with Crippen LogP contribution < -0.4 is 5.32 Å². The molecule has 1 aromatic carbocycles. The van der Waals surface area contributed by atoms with Crippen molar-refractivity contribution < 1.29 is 13.6 Å². The van der Waals surface area contributed by atoms with E-state index in [4.69, 9.17) is 0 Å². The van der Waals surface area contributed by atoms with Crippen molar-refractivity contribution >= 4 is 34.1 Å². The Balaban J connectivity index is 2.22. The van der Waals surface area contributed by atoms with Gasteiger partial charge in [-0.1, -0.05) is 29.2 Å². The van der Waals surface area contributed by atoms with E-state index in [0.29, 0.717) is 4.34 Å². The minimum absolute atomic E-state index is 0.201. The lowest BCUT2D eigenvalue weighted by Gasteiger charge is -2.03. The van der Waals surface area contributed by atoms with Crippen molar-refractivity contribution in [2.45, 2.75) is 4.34 Å². The third-order valence-electron chi connectivity index (χ3n) is 1.99. The van der Waals surface area contributed by atoms with Gasteiger partial charge in [0.15, 0.2) is 4.34 Å². The van der Waals surface area contributed by atoms with Crippen LogP contribution in [0.5, 0.6) is 0 Å².